The first-order valence-electron chi connectivity index (χ1n) is 4.05. The molecule has 0 radical (unpaired) electrons. The van der Waals surface area contributed by atoms with Gasteiger partial charge >= 0.3 is 5.97 Å². The van der Waals surface area contributed by atoms with Crippen LogP contribution in [-0.2, 0) is 4.74 Å². The number of methoxy groups -OCH3 is 1. The maximum Gasteiger partial charge on any atom is 0.356 e. The topological polar surface area (TPSA) is 67.4 Å². The number of rotatable bonds is 3. The first-order chi connectivity index (χ1) is 7.19. The van der Waals surface area contributed by atoms with Gasteiger partial charge in [0.25, 0.3) is 0 Å². The van der Waals surface area contributed by atoms with E-state index in [1.165, 1.54) is 18.0 Å². The molecule has 0 aliphatic heterocycles. The van der Waals surface area contributed by atoms with Crippen LogP contribution in [0.25, 0.3) is 0 Å². The highest BCUT2D eigenvalue weighted by Gasteiger charge is 2.12. The molecule has 0 N–H and O–H groups in total. The van der Waals surface area contributed by atoms with Crippen molar-refractivity contribution in [3.8, 4) is 6.07 Å². The van der Waals surface area contributed by atoms with Crippen molar-refractivity contribution >= 4 is 28.1 Å². The van der Waals surface area contributed by atoms with Crippen molar-refractivity contribution in [2.24, 2.45) is 5.10 Å². The van der Waals surface area contributed by atoms with Gasteiger partial charge in [-0.1, -0.05) is 0 Å². The SMILES string of the molecule is COC(=O)c1cc(Br)cn1/N=C/CC#N. The molecule has 1 heterocycles. The molecule has 0 bridgehead atoms. The van der Waals surface area contributed by atoms with Gasteiger partial charge in [-0.05, 0) is 22.0 Å². The van der Waals surface area contributed by atoms with E-state index in [2.05, 4.69) is 25.8 Å². The molecule has 0 aliphatic rings. The van der Waals surface area contributed by atoms with Crippen LogP contribution in [0.15, 0.2) is 21.8 Å². The molecular formula is C9H8BrN3O2. The second-order valence-electron chi connectivity index (χ2n) is 2.54. The minimum atomic E-state index is -0.477. The molecule has 0 aromatic carbocycles. The number of nitrogens with zero attached hydrogens (tertiary/aromatic N) is 3. The summed E-state index contributed by atoms with van der Waals surface area (Å²) in [4.78, 5) is 11.3. The smallest absolute Gasteiger partial charge is 0.356 e. The zero-order chi connectivity index (χ0) is 11.3. The summed E-state index contributed by atoms with van der Waals surface area (Å²) in [6.07, 6.45) is 3.22. The minimum absolute atomic E-state index is 0.191. The van der Waals surface area contributed by atoms with Gasteiger partial charge in [0.15, 0.2) is 5.69 Å². The van der Waals surface area contributed by atoms with Crippen LogP contribution in [-0.4, -0.2) is 24.0 Å². The zero-order valence-corrected chi connectivity index (χ0v) is 9.56. The quantitative estimate of drug-likeness (QED) is 0.621. The van der Waals surface area contributed by atoms with Crippen LogP contribution in [0.4, 0.5) is 0 Å². The molecule has 1 aromatic heterocycles. The second-order valence-corrected chi connectivity index (χ2v) is 3.46. The van der Waals surface area contributed by atoms with Crippen molar-refractivity contribution < 1.29 is 9.53 Å². The molecule has 0 saturated heterocycles. The van der Waals surface area contributed by atoms with E-state index in [0.717, 1.165) is 4.47 Å². The largest absolute Gasteiger partial charge is 0.464 e. The van der Waals surface area contributed by atoms with Gasteiger partial charge in [-0.25, -0.2) is 9.47 Å². The van der Waals surface area contributed by atoms with Crippen molar-refractivity contribution in [2.45, 2.75) is 6.42 Å². The van der Waals surface area contributed by atoms with E-state index in [4.69, 9.17) is 5.26 Å². The third-order valence-corrected chi connectivity index (χ3v) is 1.98. The third kappa shape index (κ3) is 2.92. The monoisotopic (exact) mass is 269 g/mol. The van der Waals surface area contributed by atoms with Crippen molar-refractivity contribution in [3.63, 3.8) is 0 Å². The number of carbonyl (C=O) groups is 1. The number of ether oxygens (including phenoxy) is 1. The first-order valence-corrected chi connectivity index (χ1v) is 4.84. The summed E-state index contributed by atoms with van der Waals surface area (Å²) in [6.45, 7) is 0. The first kappa shape index (κ1) is 11.5. The lowest BCUT2D eigenvalue weighted by Crippen LogP contribution is -2.06. The summed E-state index contributed by atoms with van der Waals surface area (Å²) < 4.78 is 6.65. The van der Waals surface area contributed by atoms with E-state index < -0.39 is 5.97 Å². The molecule has 78 valence electrons. The number of esters is 1. The van der Waals surface area contributed by atoms with E-state index in [1.807, 2.05) is 6.07 Å². The van der Waals surface area contributed by atoms with E-state index in [-0.39, 0.29) is 6.42 Å². The van der Waals surface area contributed by atoms with Crippen LogP contribution in [0.3, 0.4) is 0 Å². The predicted molar refractivity (Wildman–Crippen MR) is 57.6 cm³/mol. The standard InChI is InChI=1S/C9H8BrN3O2/c1-15-9(14)8-5-7(10)6-13(8)12-4-2-3-11/h4-6H,2H2,1H3/b12-4+. The molecule has 1 rings (SSSR count). The third-order valence-electron chi connectivity index (χ3n) is 1.55. The normalized spacial score (nSPS) is 10.2. The van der Waals surface area contributed by atoms with Crippen molar-refractivity contribution in [1.82, 2.24) is 4.68 Å². The van der Waals surface area contributed by atoms with Crippen LogP contribution in [0.1, 0.15) is 16.9 Å². The molecule has 1 aromatic rings. The summed E-state index contributed by atoms with van der Waals surface area (Å²) >= 11 is 3.22. The van der Waals surface area contributed by atoms with Crippen LogP contribution in [0.5, 0.6) is 0 Å². The number of halogens is 1. The van der Waals surface area contributed by atoms with Gasteiger partial charge in [0.05, 0.1) is 19.6 Å². The number of aromatic nitrogens is 1. The Hall–Kier alpha value is -1.61. The van der Waals surface area contributed by atoms with E-state index >= 15 is 0 Å². The Morgan fingerprint density at radius 2 is 2.60 bits per heavy atom. The van der Waals surface area contributed by atoms with Crippen LogP contribution in [0, 0.1) is 11.3 Å². The summed E-state index contributed by atoms with van der Waals surface area (Å²) in [5.41, 5.74) is 0.304. The van der Waals surface area contributed by atoms with Gasteiger partial charge in [0, 0.05) is 16.9 Å². The fourth-order valence-corrected chi connectivity index (χ4v) is 1.35. The Morgan fingerprint density at radius 3 is 3.20 bits per heavy atom. The van der Waals surface area contributed by atoms with Gasteiger partial charge in [0.1, 0.15) is 0 Å². The molecule has 0 atom stereocenters. The predicted octanol–water partition coefficient (Wildman–Crippen LogP) is 1.78. The second kappa shape index (κ2) is 5.32. The number of carbonyl (C=O) groups excluding carboxylic acids is 1. The van der Waals surface area contributed by atoms with Crippen molar-refractivity contribution in [1.29, 1.82) is 5.26 Å². The Bertz CT molecular complexity index is 431. The highest BCUT2D eigenvalue weighted by molar-refractivity contribution is 9.10. The molecule has 0 fully saturated rings. The maximum atomic E-state index is 11.3. The van der Waals surface area contributed by atoms with Crippen molar-refractivity contribution in [2.75, 3.05) is 7.11 Å². The summed E-state index contributed by atoms with van der Waals surface area (Å²) in [5, 5.41) is 12.2. The van der Waals surface area contributed by atoms with Gasteiger partial charge in [-0.3, -0.25) is 0 Å². The van der Waals surface area contributed by atoms with E-state index in [0.29, 0.717) is 5.69 Å². The van der Waals surface area contributed by atoms with Gasteiger partial charge in [0.2, 0.25) is 0 Å². The lowest BCUT2D eigenvalue weighted by atomic mass is 10.4. The molecule has 0 unspecified atom stereocenters. The molecular weight excluding hydrogens is 262 g/mol. The summed E-state index contributed by atoms with van der Waals surface area (Å²) in [6, 6.07) is 3.51. The van der Waals surface area contributed by atoms with E-state index in [1.54, 1.807) is 12.3 Å². The average molecular weight is 270 g/mol. The highest BCUT2D eigenvalue weighted by Crippen LogP contribution is 2.15. The van der Waals surface area contributed by atoms with Gasteiger partial charge in [-0.15, -0.1) is 0 Å². The van der Waals surface area contributed by atoms with Crippen LogP contribution < -0.4 is 0 Å². The Labute approximate surface area is 95.1 Å². The molecule has 5 nitrogen and oxygen atoms in total. The van der Waals surface area contributed by atoms with Crippen molar-refractivity contribution in [3.05, 3.63) is 22.4 Å². The molecule has 15 heavy (non-hydrogen) atoms. The van der Waals surface area contributed by atoms with Gasteiger partial charge < -0.3 is 4.74 Å². The fraction of sp³-hybridized carbons (Fsp3) is 0.222. The minimum Gasteiger partial charge on any atom is -0.464 e. The number of hydrogen-bond donors (Lipinski definition) is 0. The molecule has 0 spiro atoms. The average Bonchev–Trinajstić information content (AvgIpc) is 2.59. The summed E-state index contributed by atoms with van der Waals surface area (Å²) in [7, 11) is 1.30. The lowest BCUT2D eigenvalue weighted by Gasteiger charge is -1.99. The van der Waals surface area contributed by atoms with Crippen LogP contribution >= 0.6 is 15.9 Å². The Kier molecular flexibility index (Phi) is 4.06. The maximum absolute atomic E-state index is 11.3. The molecule has 0 saturated carbocycles. The molecule has 0 aliphatic carbocycles. The van der Waals surface area contributed by atoms with E-state index in [9.17, 15) is 4.79 Å². The number of nitriles is 1. The van der Waals surface area contributed by atoms with Gasteiger partial charge in [-0.2, -0.15) is 10.4 Å². The lowest BCUT2D eigenvalue weighted by molar-refractivity contribution is 0.0589. The Balaban J connectivity index is 2.97. The fourth-order valence-electron chi connectivity index (χ4n) is 0.943. The highest BCUT2D eigenvalue weighted by atomic mass is 79.9. The Morgan fingerprint density at radius 1 is 1.87 bits per heavy atom. The summed E-state index contributed by atoms with van der Waals surface area (Å²) in [5.74, 6) is -0.477. The molecule has 0 amide bonds. The number of hydrogen-bond acceptors (Lipinski definition) is 4. The van der Waals surface area contributed by atoms with Crippen LogP contribution in [0.2, 0.25) is 0 Å². The molecule has 6 heteroatoms. The zero-order valence-electron chi connectivity index (χ0n) is 7.98.